The molecule has 1 aliphatic heterocycles. The lowest BCUT2D eigenvalue weighted by molar-refractivity contribution is -0.133. The first-order chi connectivity index (χ1) is 8.61. The van der Waals surface area contributed by atoms with Gasteiger partial charge in [-0.2, -0.15) is 0 Å². The van der Waals surface area contributed by atoms with Gasteiger partial charge in [0.2, 0.25) is 5.91 Å². The van der Waals surface area contributed by atoms with Crippen LogP contribution in [0.5, 0.6) is 0 Å². The highest BCUT2D eigenvalue weighted by Gasteiger charge is 2.25. The van der Waals surface area contributed by atoms with Crippen molar-refractivity contribution in [2.24, 2.45) is 5.73 Å². The summed E-state index contributed by atoms with van der Waals surface area (Å²) in [5.74, 6) is 0.108. The monoisotopic (exact) mass is 330 g/mol. The maximum Gasteiger partial charge on any atom is 0.239 e. The van der Waals surface area contributed by atoms with Crippen LogP contribution in [0.2, 0.25) is 0 Å². The molecule has 0 aliphatic carbocycles. The van der Waals surface area contributed by atoms with E-state index >= 15 is 0 Å². The molecule has 0 fully saturated rings. The summed E-state index contributed by atoms with van der Waals surface area (Å²) >= 11 is 5.28. The van der Waals surface area contributed by atoms with Crippen molar-refractivity contribution in [2.75, 3.05) is 6.54 Å². The van der Waals surface area contributed by atoms with Gasteiger partial charge >= 0.3 is 0 Å². The smallest absolute Gasteiger partial charge is 0.239 e. The SMILES string of the molecule is CCCC[C@@H](N)C(=O)N1CCc2sc(Br)cc2C1. The largest absolute Gasteiger partial charge is 0.337 e. The van der Waals surface area contributed by atoms with E-state index in [1.807, 2.05) is 4.90 Å². The molecule has 1 aromatic rings. The van der Waals surface area contributed by atoms with Crippen molar-refractivity contribution in [1.82, 2.24) is 4.90 Å². The Morgan fingerprint density at radius 2 is 2.44 bits per heavy atom. The van der Waals surface area contributed by atoms with Gasteiger partial charge in [0.1, 0.15) is 0 Å². The van der Waals surface area contributed by atoms with Crippen molar-refractivity contribution in [3.05, 3.63) is 20.3 Å². The van der Waals surface area contributed by atoms with E-state index in [9.17, 15) is 4.79 Å². The number of thiophene rings is 1. The van der Waals surface area contributed by atoms with E-state index in [1.165, 1.54) is 10.4 Å². The molecule has 3 nitrogen and oxygen atoms in total. The Balaban J connectivity index is 1.97. The lowest BCUT2D eigenvalue weighted by Crippen LogP contribution is -2.45. The van der Waals surface area contributed by atoms with Gasteiger partial charge in [0.15, 0.2) is 0 Å². The van der Waals surface area contributed by atoms with E-state index in [0.29, 0.717) is 0 Å². The molecule has 0 spiro atoms. The van der Waals surface area contributed by atoms with Crippen LogP contribution in [0.3, 0.4) is 0 Å². The lowest BCUT2D eigenvalue weighted by atomic mass is 10.1. The first kappa shape index (κ1) is 14.0. The summed E-state index contributed by atoms with van der Waals surface area (Å²) in [7, 11) is 0. The highest BCUT2D eigenvalue weighted by molar-refractivity contribution is 9.11. The second kappa shape index (κ2) is 6.17. The summed E-state index contributed by atoms with van der Waals surface area (Å²) in [6, 6.07) is 1.80. The highest BCUT2D eigenvalue weighted by atomic mass is 79.9. The van der Waals surface area contributed by atoms with Crippen molar-refractivity contribution >= 4 is 33.2 Å². The summed E-state index contributed by atoms with van der Waals surface area (Å²) in [4.78, 5) is 15.5. The summed E-state index contributed by atoms with van der Waals surface area (Å²) in [5.41, 5.74) is 7.23. The number of carbonyl (C=O) groups excluding carboxylic acids is 1. The van der Waals surface area contributed by atoms with Gasteiger partial charge in [0.25, 0.3) is 0 Å². The van der Waals surface area contributed by atoms with E-state index in [0.717, 1.165) is 42.6 Å². The first-order valence-corrected chi connectivity index (χ1v) is 8.04. The van der Waals surface area contributed by atoms with Crippen LogP contribution in [-0.4, -0.2) is 23.4 Å². The predicted octanol–water partition coefficient (Wildman–Crippen LogP) is 2.91. The number of hydrogen-bond acceptors (Lipinski definition) is 3. The number of halogens is 1. The van der Waals surface area contributed by atoms with Gasteiger partial charge < -0.3 is 10.6 Å². The van der Waals surface area contributed by atoms with E-state index in [1.54, 1.807) is 11.3 Å². The van der Waals surface area contributed by atoms with Crippen LogP contribution >= 0.6 is 27.3 Å². The topological polar surface area (TPSA) is 46.3 Å². The number of nitrogens with zero attached hydrogens (tertiary/aromatic N) is 1. The fraction of sp³-hybridized carbons (Fsp3) is 0.615. The molecule has 5 heteroatoms. The second-order valence-electron chi connectivity index (χ2n) is 4.76. The van der Waals surface area contributed by atoms with Crippen LogP contribution < -0.4 is 5.73 Å². The van der Waals surface area contributed by atoms with Crippen LogP contribution in [0.4, 0.5) is 0 Å². The zero-order chi connectivity index (χ0) is 13.1. The predicted molar refractivity (Wildman–Crippen MR) is 78.6 cm³/mol. The Labute approximate surface area is 120 Å². The average Bonchev–Trinajstić information content (AvgIpc) is 2.73. The minimum absolute atomic E-state index is 0.108. The number of rotatable bonds is 4. The van der Waals surface area contributed by atoms with Gasteiger partial charge in [-0.15, -0.1) is 11.3 Å². The number of nitrogens with two attached hydrogens (primary N) is 1. The molecule has 100 valence electrons. The van der Waals surface area contributed by atoms with Crippen molar-refractivity contribution < 1.29 is 4.79 Å². The second-order valence-corrected chi connectivity index (χ2v) is 7.27. The molecule has 1 amide bonds. The molecule has 0 saturated carbocycles. The molecule has 2 N–H and O–H groups in total. The first-order valence-electron chi connectivity index (χ1n) is 6.43. The minimum atomic E-state index is -0.325. The molecule has 0 bridgehead atoms. The Kier molecular flexibility index (Phi) is 4.81. The van der Waals surface area contributed by atoms with Gasteiger partial charge in [-0.1, -0.05) is 19.8 Å². The van der Waals surface area contributed by atoms with Gasteiger partial charge in [-0.3, -0.25) is 4.79 Å². The Hall–Kier alpha value is -0.390. The molecule has 1 aromatic heterocycles. The van der Waals surface area contributed by atoms with Crippen LogP contribution in [0.25, 0.3) is 0 Å². The molecule has 0 radical (unpaired) electrons. The highest BCUT2D eigenvalue weighted by Crippen LogP contribution is 2.31. The molecule has 2 rings (SSSR count). The third kappa shape index (κ3) is 3.13. The number of amides is 1. The van der Waals surface area contributed by atoms with Gasteiger partial charge in [-0.05, 0) is 40.4 Å². The number of hydrogen-bond donors (Lipinski definition) is 1. The van der Waals surface area contributed by atoms with Crippen molar-refractivity contribution in [3.63, 3.8) is 0 Å². The number of unbranched alkanes of at least 4 members (excludes halogenated alkanes) is 1. The van der Waals surface area contributed by atoms with E-state index in [-0.39, 0.29) is 11.9 Å². The van der Waals surface area contributed by atoms with Crippen molar-refractivity contribution in [1.29, 1.82) is 0 Å². The number of carbonyl (C=O) groups is 1. The molecule has 0 aromatic carbocycles. The summed E-state index contributed by atoms with van der Waals surface area (Å²) < 4.78 is 1.15. The zero-order valence-electron chi connectivity index (χ0n) is 10.6. The van der Waals surface area contributed by atoms with Crippen LogP contribution in [-0.2, 0) is 17.8 Å². The standard InChI is InChI=1S/C13H19BrN2OS/c1-2-3-4-10(15)13(17)16-6-5-11-9(8-16)7-12(14)18-11/h7,10H,2-6,8,15H2,1H3/t10-/m1/s1. The zero-order valence-corrected chi connectivity index (χ0v) is 13.0. The normalized spacial score (nSPS) is 16.5. The molecule has 2 heterocycles. The van der Waals surface area contributed by atoms with Gasteiger partial charge in [0, 0.05) is 18.0 Å². The molecule has 0 saturated heterocycles. The fourth-order valence-corrected chi connectivity index (χ4v) is 4.01. The van der Waals surface area contributed by atoms with E-state index in [2.05, 4.69) is 28.9 Å². The maximum atomic E-state index is 12.2. The van der Waals surface area contributed by atoms with Crippen molar-refractivity contribution in [3.8, 4) is 0 Å². The van der Waals surface area contributed by atoms with Crippen molar-refractivity contribution in [2.45, 2.75) is 45.2 Å². The van der Waals surface area contributed by atoms with Crippen LogP contribution in [0, 0.1) is 0 Å². The van der Waals surface area contributed by atoms with Crippen LogP contribution in [0.1, 0.15) is 36.6 Å². The van der Waals surface area contributed by atoms with E-state index < -0.39 is 0 Å². The maximum absolute atomic E-state index is 12.2. The molecule has 18 heavy (non-hydrogen) atoms. The quantitative estimate of drug-likeness (QED) is 0.922. The minimum Gasteiger partial charge on any atom is -0.337 e. The third-order valence-corrected chi connectivity index (χ3v) is 5.07. The lowest BCUT2D eigenvalue weighted by Gasteiger charge is -2.29. The fourth-order valence-electron chi connectivity index (χ4n) is 2.27. The van der Waals surface area contributed by atoms with Crippen LogP contribution in [0.15, 0.2) is 9.85 Å². The third-order valence-electron chi connectivity index (χ3n) is 3.33. The molecule has 1 atom stereocenters. The molecule has 0 unspecified atom stereocenters. The Bertz CT molecular complexity index is 433. The van der Waals surface area contributed by atoms with Gasteiger partial charge in [0.05, 0.1) is 9.83 Å². The summed E-state index contributed by atoms with van der Waals surface area (Å²) in [6.07, 6.45) is 3.86. The Morgan fingerprint density at radius 1 is 1.67 bits per heavy atom. The summed E-state index contributed by atoms with van der Waals surface area (Å²) in [5, 5.41) is 0. The average molecular weight is 331 g/mol. The Morgan fingerprint density at radius 3 is 3.17 bits per heavy atom. The molecular weight excluding hydrogens is 312 g/mol. The van der Waals surface area contributed by atoms with Gasteiger partial charge in [-0.25, -0.2) is 0 Å². The van der Waals surface area contributed by atoms with E-state index in [4.69, 9.17) is 5.73 Å². The number of fused-ring (bicyclic) bond motifs is 1. The molecule has 1 aliphatic rings. The molecular formula is C13H19BrN2OS. The summed E-state index contributed by atoms with van der Waals surface area (Å²) in [6.45, 7) is 3.64.